The fourth-order valence-corrected chi connectivity index (χ4v) is 2.72. The molecule has 21 heavy (non-hydrogen) atoms. The van der Waals surface area contributed by atoms with Crippen LogP contribution in [-0.2, 0) is 9.53 Å². The third-order valence-electron chi connectivity index (χ3n) is 3.47. The molecular formula is C16H22ClNO3. The Bertz CT molecular complexity index is 510. The Labute approximate surface area is 131 Å². The predicted octanol–water partition coefficient (Wildman–Crippen LogP) is 3.05. The molecule has 3 unspecified atom stereocenters. The van der Waals surface area contributed by atoms with E-state index in [-0.39, 0.29) is 18.1 Å². The molecule has 1 amide bonds. The number of aryl methyl sites for hydroxylation is 1. The summed E-state index contributed by atoms with van der Waals surface area (Å²) in [5.41, 5.74) is 1.04. The zero-order valence-corrected chi connectivity index (χ0v) is 13.7. The van der Waals surface area contributed by atoms with Gasteiger partial charge in [0.25, 0.3) is 5.91 Å². The summed E-state index contributed by atoms with van der Waals surface area (Å²) < 4.78 is 11.4. The van der Waals surface area contributed by atoms with E-state index in [2.05, 4.69) is 0 Å². The van der Waals surface area contributed by atoms with Crippen molar-refractivity contribution in [2.45, 2.75) is 46.0 Å². The minimum Gasteiger partial charge on any atom is -0.479 e. The zero-order chi connectivity index (χ0) is 15.6. The number of carbonyl (C=O) groups is 1. The highest BCUT2D eigenvalue weighted by molar-refractivity contribution is 6.32. The lowest BCUT2D eigenvalue weighted by Gasteiger charge is -2.36. The molecule has 0 aliphatic carbocycles. The van der Waals surface area contributed by atoms with Gasteiger partial charge in [-0.05, 0) is 45.4 Å². The summed E-state index contributed by atoms with van der Waals surface area (Å²) in [5.74, 6) is 0.515. The summed E-state index contributed by atoms with van der Waals surface area (Å²) in [5, 5.41) is 0.518. The van der Waals surface area contributed by atoms with Crippen LogP contribution in [-0.4, -0.2) is 42.2 Å². The first-order valence-electron chi connectivity index (χ1n) is 7.24. The topological polar surface area (TPSA) is 38.8 Å². The second kappa shape index (κ2) is 6.67. The van der Waals surface area contributed by atoms with Crippen LogP contribution in [0, 0.1) is 6.92 Å². The normalized spacial score (nSPS) is 23.8. The van der Waals surface area contributed by atoms with Crippen LogP contribution in [0.2, 0.25) is 5.02 Å². The minimum absolute atomic E-state index is 0.0328. The van der Waals surface area contributed by atoms with Crippen LogP contribution < -0.4 is 4.74 Å². The third-order valence-corrected chi connectivity index (χ3v) is 3.78. The van der Waals surface area contributed by atoms with Crippen molar-refractivity contribution in [2.24, 2.45) is 0 Å². The lowest BCUT2D eigenvalue weighted by Crippen LogP contribution is -2.51. The van der Waals surface area contributed by atoms with Gasteiger partial charge in [0, 0.05) is 13.1 Å². The van der Waals surface area contributed by atoms with E-state index in [4.69, 9.17) is 21.1 Å². The van der Waals surface area contributed by atoms with E-state index in [0.29, 0.717) is 23.9 Å². The summed E-state index contributed by atoms with van der Waals surface area (Å²) >= 11 is 6.11. The van der Waals surface area contributed by atoms with Crippen molar-refractivity contribution in [2.75, 3.05) is 13.1 Å². The number of hydrogen-bond acceptors (Lipinski definition) is 3. The van der Waals surface area contributed by atoms with Crippen molar-refractivity contribution in [3.8, 4) is 5.75 Å². The van der Waals surface area contributed by atoms with E-state index in [1.807, 2.05) is 32.9 Å². The van der Waals surface area contributed by atoms with Gasteiger partial charge in [-0.25, -0.2) is 0 Å². The van der Waals surface area contributed by atoms with Gasteiger partial charge >= 0.3 is 0 Å². The number of nitrogens with zero attached hydrogens (tertiary/aromatic N) is 1. The van der Waals surface area contributed by atoms with E-state index in [1.54, 1.807) is 17.9 Å². The van der Waals surface area contributed by atoms with E-state index in [9.17, 15) is 4.79 Å². The summed E-state index contributed by atoms with van der Waals surface area (Å²) in [4.78, 5) is 14.3. The van der Waals surface area contributed by atoms with Crippen molar-refractivity contribution in [3.05, 3.63) is 28.8 Å². The summed E-state index contributed by atoms with van der Waals surface area (Å²) in [6.07, 6.45) is -0.471. The number of ether oxygens (including phenoxy) is 2. The van der Waals surface area contributed by atoms with Gasteiger partial charge in [0.15, 0.2) is 6.10 Å². The standard InChI is InChI=1S/C16H22ClNO3/c1-10-5-6-14(17)15(7-10)21-13(4)16(19)18-8-11(2)20-12(3)9-18/h5-7,11-13H,8-9H2,1-4H3. The van der Waals surface area contributed by atoms with Gasteiger partial charge in [0.05, 0.1) is 17.2 Å². The first-order chi connectivity index (χ1) is 9.86. The maximum Gasteiger partial charge on any atom is 0.263 e. The molecule has 0 bridgehead atoms. The average molecular weight is 312 g/mol. The van der Waals surface area contributed by atoms with Gasteiger partial charge in [0.1, 0.15) is 5.75 Å². The molecule has 1 saturated heterocycles. The van der Waals surface area contributed by atoms with Gasteiger partial charge < -0.3 is 14.4 Å². The molecule has 1 aliphatic rings. The number of benzene rings is 1. The van der Waals surface area contributed by atoms with Crippen LogP contribution in [0.1, 0.15) is 26.3 Å². The molecule has 4 nitrogen and oxygen atoms in total. The second-order valence-electron chi connectivity index (χ2n) is 5.69. The molecule has 1 fully saturated rings. The molecule has 116 valence electrons. The second-order valence-corrected chi connectivity index (χ2v) is 6.10. The van der Waals surface area contributed by atoms with E-state index >= 15 is 0 Å². The van der Waals surface area contributed by atoms with Gasteiger partial charge in [-0.15, -0.1) is 0 Å². The van der Waals surface area contributed by atoms with Crippen molar-refractivity contribution in [1.29, 1.82) is 0 Å². The van der Waals surface area contributed by atoms with E-state index < -0.39 is 6.10 Å². The number of amides is 1. The Morgan fingerprint density at radius 1 is 1.38 bits per heavy atom. The molecule has 0 saturated carbocycles. The molecule has 5 heteroatoms. The van der Waals surface area contributed by atoms with Gasteiger partial charge in [-0.1, -0.05) is 17.7 Å². The number of morpholine rings is 1. The average Bonchev–Trinajstić information content (AvgIpc) is 2.41. The molecule has 3 atom stereocenters. The van der Waals surface area contributed by atoms with Gasteiger partial charge in [-0.2, -0.15) is 0 Å². The predicted molar refractivity (Wildman–Crippen MR) is 82.9 cm³/mol. The quantitative estimate of drug-likeness (QED) is 0.861. The maximum absolute atomic E-state index is 12.5. The Morgan fingerprint density at radius 3 is 2.62 bits per heavy atom. The SMILES string of the molecule is Cc1ccc(Cl)c(OC(C)C(=O)N2CC(C)OC(C)C2)c1. The highest BCUT2D eigenvalue weighted by Gasteiger charge is 2.29. The van der Waals surface area contributed by atoms with Crippen LogP contribution >= 0.6 is 11.6 Å². The Hall–Kier alpha value is -1.26. The summed E-state index contributed by atoms with van der Waals surface area (Å²) in [6.45, 7) is 8.85. The molecule has 0 spiro atoms. The molecule has 1 aliphatic heterocycles. The Morgan fingerprint density at radius 2 is 2.00 bits per heavy atom. The number of carbonyl (C=O) groups excluding carboxylic acids is 1. The third kappa shape index (κ3) is 4.11. The lowest BCUT2D eigenvalue weighted by molar-refractivity contribution is -0.149. The van der Waals surface area contributed by atoms with Gasteiger partial charge in [0.2, 0.25) is 0 Å². The monoisotopic (exact) mass is 311 g/mol. The fourth-order valence-electron chi connectivity index (χ4n) is 2.56. The number of halogens is 1. The molecule has 0 radical (unpaired) electrons. The summed E-state index contributed by atoms with van der Waals surface area (Å²) in [6, 6.07) is 5.53. The lowest BCUT2D eigenvalue weighted by atomic mass is 10.2. The largest absolute Gasteiger partial charge is 0.479 e. The van der Waals surface area contributed by atoms with Crippen LogP contribution in [0.25, 0.3) is 0 Å². The highest BCUT2D eigenvalue weighted by Crippen LogP contribution is 2.26. The van der Waals surface area contributed by atoms with E-state index in [0.717, 1.165) is 5.56 Å². The van der Waals surface area contributed by atoms with Crippen molar-refractivity contribution in [1.82, 2.24) is 4.90 Å². The van der Waals surface area contributed by atoms with Gasteiger partial charge in [-0.3, -0.25) is 4.79 Å². The Kier molecular flexibility index (Phi) is 5.12. The minimum atomic E-state index is -0.568. The molecule has 2 rings (SSSR count). The molecule has 0 aromatic heterocycles. The smallest absolute Gasteiger partial charge is 0.263 e. The van der Waals surface area contributed by atoms with E-state index in [1.165, 1.54) is 0 Å². The molecule has 1 aromatic rings. The molecule has 1 aromatic carbocycles. The summed E-state index contributed by atoms with van der Waals surface area (Å²) in [7, 11) is 0. The Balaban J connectivity index is 2.04. The number of rotatable bonds is 3. The molecule has 0 N–H and O–H groups in total. The number of hydrogen-bond donors (Lipinski definition) is 0. The van der Waals surface area contributed by atoms with Crippen molar-refractivity contribution >= 4 is 17.5 Å². The maximum atomic E-state index is 12.5. The van der Waals surface area contributed by atoms with Crippen molar-refractivity contribution < 1.29 is 14.3 Å². The first kappa shape index (κ1) is 16.1. The van der Waals surface area contributed by atoms with Crippen molar-refractivity contribution in [3.63, 3.8) is 0 Å². The first-order valence-corrected chi connectivity index (χ1v) is 7.61. The van der Waals surface area contributed by atoms with Crippen LogP contribution in [0.3, 0.4) is 0 Å². The highest BCUT2D eigenvalue weighted by atomic mass is 35.5. The fraction of sp³-hybridized carbons (Fsp3) is 0.562. The molecule has 1 heterocycles. The van der Waals surface area contributed by atoms with Crippen LogP contribution in [0.4, 0.5) is 0 Å². The molecular weight excluding hydrogens is 290 g/mol. The van der Waals surface area contributed by atoms with Crippen LogP contribution in [0.5, 0.6) is 5.75 Å². The zero-order valence-electron chi connectivity index (χ0n) is 12.9. The van der Waals surface area contributed by atoms with Crippen LogP contribution in [0.15, 0.2) is 18.2 Å².